The molecule has 0 radical (unpaired) electrons. The molecule has 0 aliphatic carbocycles. The summed E-state index contributed by atoms with van der Waals surface area (Å²) >= 11 is 0. The van der Waals surface area contributed by atoms with Crippen LogP contribution in [0.2, 0.25) is 0 Å². The standard InChI is InChI=1S/C25H21N3O5/c29-21(26-23(17-9-3-1-4-10-17)18-11-5-2-6-12-18)16-33-22(30)15-28-25(32)20-14-8-7-13-19(20)24(31)27-28/h1-14,23H,15-16H2,(H,26,29)(H,27,31). The van der Waals surface area contributed by atoms with Crippen molar-refractivity contribution in [2.45, 2.75) is 12.6 Å². The number of esters is 1. The van der Waals surface area contributed by atoms with E-state index in [1.807, 2.05) is 60.7 Å². The molecule has 8 heteroatoms. The molecule has 0 saturated heterocycles. The summed E-state index contributed by atoms with van der Waals surface area (Å²) in [4.78, 5) is 49.5. The number of aromatic amines is 1. The van der Waals surface area contributed by atoms with Gasteiger partial charge < -0.3 is 10.1 Å². The van der Waals surface area contributed by atoms with Gasteiger partial charge in [-0.05, 0) is 23.3 Å². The molecular weight excluding hydrogens is 422 g/mol. The second-order valence-electron chi connectivity index (χ2n) is 7.36. The molecule has 1 aromatic heterocycles. The molecule has 0 saturated carbocycles. The third-order valence-corrected chi connectivity index (χ3v) is 5.11. The number of ether oxygens (including phenoxy) is 1. The SMILES string of the molecule is O=C(COC(=O)Cn1[nH]c(=O)c2ccccc2c1=O)NC(c1ccccc1)c1ccccc1. The van der Waals surface area contributed by atoms with E-state index in [4.69, 9.17) is 4.74 Å². The van der Waals surface area contributed by atoms with Crippen LogP contribution in [0.4, 0.5) is 0 Å². The van der Waals surface area contributed by atoms with Crippen LogP contribution < -0.4 is 16.4 Å². The molecule has 166 valence electrons. The fourth-order valence-corrected chi connectivity index (χ4v) is 3.53. The highest BCUT2D eigenvalue weighted by Gasteiger charge is 2.18. The molecule has 33 heavy (non-hydrogen) atoms. The number of carbonyl (C=O) groups is 2. The number of nitrogens with one attached hydrogen (secondary N) is 2. The van der Waals surface area contributed by atoms with Crippen molar-refractivity contribution in [1.29, 1.82) is 0 Å². The monoisotopic (exact) mass is 443 g/mol. The van der Waals surface area contributed by atoms with E-state index in [-0.39, 0.29) is 10.8 Å². The summed E-state index contributed by atoms with van der Waals surface area (Å²) in [6.45, 7) is -1.05. The highest BCUT2D eigenvalue weighted by molar-refractivity contribution is 5.82. The van der Waals surface area contributed by atoms with Gasteiger partial charge in [-0.2, -0.15) is 0 Å². The Bertz CT molecular complexity index is 1360. The highest BCUT2D eigenvalue weighted by Crippen LogP contribution is 2.21. The molecule has 4 aromatic rings. The number of fused-ring (bicyclic) bond motifs is 1. The Morgan fingerprint density at radius 3 is 1.97 bits per heavy atom. The minimum absolute atomic E-state index is 0.195. The van der Waals surface area contributed by atoms with Crippen molar-refractivity contribution in [3.8, 4) is 0 Å². The Morgan fingerprint density at radius 1 is 0.818 bits per heavy atom. The number of amides is 1. The Kier molecular flexibility index (Phi) is 6.45. The molecular formula is C25H21N3O5. The third-order valence-electron chi connectivity index (χ3n) is 5.11. The minimum atomic E-state index is -0.825. The molecule has 0 bridgehead atoms. The molecule has 0 atom stereocenters. The first-order chi connectivity index (χ1) is 16.0. The largest absolute Gasteiger partial charge is 0.454 e. The first kappa shape index (κ1) is 21.8. The summed E-state index contributed by atoms with van der Waals surface area (Å²) in [5.74, 6) is -1.32. The predicted molar refractivity (Wildman–Crippen MR) is 123 cm³/mol. The van der Waals surface area contributed by atoms with E-state index in [0.29, 0.717) is 0 Å². The molecule has 3 aromatic carbocycles. The van der Waals surface area contributed by atoms with Crippen LogP contribution in [0.3, 0.4) is 0 Å². The maximum Gasteiger partial charge on any atom is 0.328 e. The molecule has 8 nitrogen and oxygen atoms in total. The number of hydrogen-bond donors (Lipinski definition) is 2. The van der Waals surface area contributed by atoms with E-state index >= 15 is 0 Å². The van der Waals surface area contributed by atoms with Crippen molar-refractivity contribution in [3.63, 3.8) is 0 Å². The fraction of sp³-hybridized carbons (Fsp3) is 0.120. The number of H-pyrrole nitrogens is 1. The van der Waals surface area contributed by atoms with Crippen LogP contribution in [0.25, 0.3) is 10.8 Å². The molecule has 0 unspecified atom stereocenters. The first-order valence-electron chi connectivity index (χ1n) is 10.3. The van der Waals surface area contributed by atoms with Gasteiger partial charge in [-0.3, -0.25) is 24.3 Å². The van der Waals surface area contributed by atoms with E-state index in [2.05, 4.69) is 10.4 Å². The van der Waals surface area contributed by atoms with E-state index in [0.717, 1.165) is 15.8 Å². The minimum Gasteiger partial charge on any atom is -0.454 e. The van der Waals surface area contributed by atoms with Crippen molar-refractivity contribution in [2.24, 2.45) is 0 Å². The zero-order valence-corrected chi connectivity index (χ0v) is 17.6. The number of benzene rings is 3. The third kappa shape index (κ3) is 5.07. The lowest BCUT2D eigenvalue weighted by Gasteiger charge is -2.20. The maximum atomic E-state index is 12.5. The van der Waals surface area contributed by atoms with Crippen LogP contribution in [0, 0.1) is 0 Å². The number of carbonyl (C=O) groups excluding carboxylic acids is 2. The highest BCUT2D eigenvalue weighted by atomic mass is 16.5. The molecule has 0 aliphatic heterocycles. The zero-order chi connectivity index (χ0) is 23.2. The zero-order valence-electron chi connectivity index (χ0n) is 17.6. The van der Waals surface area contributed by atoms with E-state index in [1.165, 1.54) is 12.1 Å². The second-order valence-corrected chi connectivity index (χ2v) is 7.36. The summed E-state index contributed by atoms with van der Waals surface area (Å²) in [5.41, 5.74) is 0.733. The number of aromatic nitrogens is 2. The van der Waals surface area contributed by atoms with Gasteiger partial charge in [0.1, 0.15) is 6.54 Å². The summed E-state index contributed by atoms with van der Waals surface area (Å²) < 4.78 is 5.93. The smallest absolute Gasteiger partial charge is 0.328 e. The average molecular weight is 443 g/mol. The number of hydrogen-bond acceptors (Lipinski definition) is 5. The van der Waals surface area contributed by atoms with Crippen molar-refractivity contribution >= 4 is 22.6 Å². The lowest BCUT2D eigenvalue weighted by molar-refractivity contribution is -0.149. The van der Waals surface area contributed by atoms with Gasteiger partial charge in [-0.1, -0.05) is 72.8 Å². The number of nitrogens with zero attached hydrogens (tertiary/aromatic N) is 1. The van der Waals surface area contributed by atoms with Crippen LogP contribution in [0.5, 0.6) is 0 Å². The van der Waals surface area contributed by atoms with Gasteiger partial charge >= 0.3 is 5.97 Å². The van der Waals surface area contributed by atoms with Crippen molar-refractivity contribution in [3.05, 3.63) is 117 Å². The van der Waals surface area contributed by atoms with Gasteiger partial charge in [0.05, 0.1) is 16.8 Å². The molecule has 0 aliphatic rings. The fourth-order valence-electron chi connectivity index (χ4n) is 3.53. The Morgan fingerprint density at radius 2 is 1.36 bits per heavy atom. The van der Waals surface area contributed by atoms with Gasteiger partial charge in [0.25, 0.3) is 17.0 Å². The van der Waals surface area contributed by atoms with E-state index in [9.17, 15) is 19.2 Å². The van der Waals surface area contributed by atoms with Crippen LogP contribution in [-0.2, 0) is 20.9 Å². The Hall–Kier alpha value is -4.46. The van der Waals surface area contributed by atoms with Gasteiger partial charge in [-0.25, -0.2) is 4.68 Å². The molecule has 2 N–H and O–H groups in total. The lowest BCUT2D eigenvalue weighted by atomic mass is 9.99. The van der Waals surface area contributed by atoms with Crippen LogP contribution in [-0.4, -0.2) is 28.3 Å². The Labute approximate surface area is 188 Å². The average Bonchev–Trinajstić information content (AvgIpc) is 2.85. The topological polar surface area (TPSA) is 110 Å². The molecule has 4 rings (SSSR count). The molecule has 1 amide bonds. The molecule has 0 spiro atoms. The van der Waals surface area contributed by atoms with Crippen LogP contribution in [0.15, 0.2) is 94.5 Å². The summed E-state index contributed by atoms with van der Waals surface area (Å²) in [6, 6.07) is 24.7. The van der Waals surface area contributed by atoms with Crippen LogP contribution in [0.1, 0.15) is 17.2 Å². The maximum absolute atomic E-state index is 12.5. The lowest BCUT2D eigenvalue weighted by Crippen LogP contribution is -2.35. The molecule has 0 fully saturated rings. The van der Waals surface area contributed by atoms with Gasteiger partial charge in [0.2, 0.25) is 0 Å². The quantitative estimate of drug-likeness (QED) is 0.425. The summed E-state index contributed by atoms with van der Waals surface area (Å²) in [7, 11) is 0. The summed E-state index contributed by atoms with van der Waals surface area (Å²) in [5, 5.41) is 5.66. The number of rotatable bonds is 7. The van der Waals surface area contributed by atoms with Crippen molar-refractivity contribution in [2.75, 3.05) is 6.61 Å². The Balaban J connectivity index is 1.43. The van der Waals surface area contributed by atoms with Gasteiger partial charge in [0.15, 0.2) is 6.61 Å². The molecule has 1 heterocycles. The van der Waals surface area contributed by atoms with Gasteiger partial charge in [0, 0.05) is 0 Å². The van der Waals surface area contributed by atoms with E-state index < -0.39 is 42.2 Å². The van der Waals surface area contributed by atoms with Crippen molar-refractivity contribution in [1.82, 2.24) is 15.1 Å². The van der Waals surface area contributed by atoms with Crippen molar-refractivity contribution < 1.29 is 14.3 Å². The van der Waals surface area contributed by atoms with Gasteiger partial charge in [-0.15, -0.1) is 0 Å². The summed E-state index contributed by atoms with van der Waals surface area (Å²) in [6.07, 6.45) is 0. The predicted octanol–water partition coefficient (Wildman–Crippen LogP) is 2.14. The first-order valence-corrected chi connectivity index (χ1v) is 10.3. The van der Waals surface area contributed by atoms with Crippen LogP contribution >= 0.6 is 0 Å². The normalized spacial score (nSPS) is 10.8. The second kappa shape index (κ2) is 9.78. The van der Waals surface area contributed by atoms with E-state index in [1.54, 1.807) is 12.1 Å².